The smallest absolute Gasteiger partial charge is 0.137 e. The maximum absolute atomic E-state index is 10.2. The molecule has 5 heteroatoms. The Bertz CT molecular complexity index is 407. The molecule has 14 heavy (non-hydrogen) atoms. The zero-order valence-corrected chi connectivity index (χ0v) is 7.37. The standard InChI is InChI=1S/C9H8N4O/c14-12-9-3-1-8(2-4-9)5-13-7-10-6-11-13/h1-4,6-7H,5H2. The van der Waals surface area contributed by atoms with Gasteiger partial charge in [0.25, 0.3) is 0 Å². The second-order valence-electron chi connectivity index (χ2n) is 2.85. The molecule has 0 unspecified atom stereocenters. The van der Waals surface area contributed by atoms with Crippen LogP contribution in [0, 0.1) is 4.91 Å². The Morgan fingerprint density at radius 3 is 2.64 bits per heavy atom. The summed E-state index contributed by atoms with van der Waals surface area (Å²) in [6.45, 7) is 0.652. The van der Waals surface area contributed by atoms with Crippen LogP contribution in [0.15, 0.2) is 42.1 Å². The quantitative estimate of drug-likeness (QED) is 0.689. The minimum absolute atomic E-state index is 0.437. The van der Waals surface area contributed by atoms with Crippen LogP contribution in [-0.4, -0.2) is 14.8 Å². The van der Waals surface area contributed by atoms with Gasteiger partial charge in [-0.1, -0.05) is 12.1 Å². The van der Waals surface area contributed by atoms with Gasteiger partial charge in [-0.3, -0.25) is 0 Å². The Kier molecular flexibility index (Phi) is 2.31. The van der Waals surface area contributed by atoms with Gasteiger partial charge in [0.05, 0.1) is 6.54 Å². The molecule has 0 bridgehead atoms. The Morgan fingerprint density at radius 1 is 1.29 bits per heavy atom. The molecule has 0 aliphatic heterocycles. The summed E-state index contributed by atoms with van der Waals surface area (Å²) in [6.07, 6.45) is 3.13. The molecular weight excluding hydrogens is 180 g/mol. The molecule has 1 heterocycles. The number of benzene rings is 1. The van der Waals surface area contributed by atoms with Gasteiger partial charge < -0.3 is 0 Å². The molecule has 2 rings (SSSR count). The summed E-state index contributed by atoms with van der Waals surface area (Å²) < 4.78 is 1.71. The zero-order chi connectivity index (χ0) is 9.80. The molecule has 5 nitrogen and oxygen atoms in total. The van der Waals surface area contributed by atoms with E-state index in [1.807, 2.05) is 12.1 Å². The Labute approximate surface area is 80.4 Å². The number of nitroso groups, excluding NO2 is 1. The second-order valence-corrected chi connectivity index (χ2v) is 2.85. The van der Waals surface area contributed by atoms with Crippen molar-refractivity contribution in [1.29, 1.82) is 0 Å². The van der Waals surface area contributed by atoms with Crippen molar-refractivity contribution in [2.24, 2.45) is 5.18 Å². The molecule has 70 valence electrons. The number of aromatic nitrogens is 3. The van der Waals surface area contributed by atoms with Crippen LogP contribution >= 0.6 is 0 Å². The molecule has 0 aliphatic carbocycles. The van der Waals surface area contributed by atoms with E-state index in [9.17, 15) is 4.91 Å². The van der Waals surface area contributed by atoms with Gasteiger partial charge in [-0.2, -0.15) is 5.10 Å². The first-order valence-corrected chi connectivity index (χ1v) is 4.13. The first-order valence-electron chi connectivity index (χ1n) is 4.13. The topological polar surface area (TPSA) is 60.1 Å². The van der Waals surface area contributed by atoms with Crippen LogP contribution in [0.5, 0.6) is 0 Å². The summed E-state index contributed by atoms with van der Waals surface area (Å²) in [4.78, 5) is 14.0. The Balaban J connectivity index is 2.14. The largest absolute Gasteiger partial charge is 0.249 e. The lowest BCUT2D eigenvalue weighted by Crippen LogP contribution is -1.99. The fraction of sp³-hybridized carbons (Fsp3) is 0.111. The van der Waals surface area contributed by atoms with E-state index in [1.165, 1.54) is 6.33 Å². The highest BCUT2D eigenvalue weighted by molar-refractivity contribution is 5.38. The van der Waals surface area contributed by atoms with E-state index >= 15 is 0 Å². The third kappa shape index (κ3) is 1.82. The predicted molar refractivity (Wildman–Crippen MR) is 51.0 cm³/mol. The minimum Gasteiger partial charge on any atom is -0.249 e. The van der Waals surface area contributed by atoms with Crippen LogP contribution in [0.2, 0.25) is 0 Å². The van der Waals surface area contributed by atoms with Gasteiger partial charge in [0, 0.05) is 0 Å². The lowest BCUT2D eigenvalue weighted by atomic mass is 10.2. The van der Waals surface area contributed by atoms with E-state index in [0.717, 1.165) is 5.56 Å². The molecule has 0 fully saturated rings. The van der Waals surface area contributed by atoms with Gasteiger partial charge in [-0.05, 0) is 22.9 Å². The zero-order valence-electron chi connectivity index (χ0n) is 7.37. The average molecular weight is 188 g/mol. The third-order valence-corrected chi connectivity index (χ3v) is 1.85. The molecule has 1 aromatic heterocycles. The van der Waals surface area contributed by atoms with Gasteiger partial charge in [0.15, 0.2) is 0 Å². The van der Waals surface area contributed by atoms with Crippen molar-refractivity contribution in [3.05, 3.63) is 47.4 Å². The van der Waals surface area contributed by atoms with E-state index in [4.69, 9.17) is 0 Å². The van der Waals surface area contributed by atoms with Crippen LogP contribution in [0.25, 0.3) is 0 Å². The normalized spacial score (nSPS) is 10.0. The molecule has 0 saturated heterocycles. The molecule has 0 aliphatic rings. The van der Waals surface area contributed by atoms with E-state index in [2.05, 4.69) is 15.3 Å². The van der Waals surface area contributed by atoms with E-state index in [0.29, 0.717) is 12.2 Å². The highest BCUT2D eigenvalue weighted by Crippen LogP contribution is 2.12. The van der Waals surface area contributed by atoms with Gasteiger partial charge in [0.1, 0.15) is 18.3 Å². The van der Waals surface area contributed by atoms with Crippen LogP contribution in [-0.2, 0) is 6.54 Å². The van der Waals surface area contributed by atoms with E-state index < -0.39 is 0 Å². The first-order chi connectivity index (χ1) is 6.88. The Morgan fingerprint density at radius 2 is 2.07 bits per heavy atom. The highest BCUT2D eigenvalue weighted by atomic mass is 16.3. The fourth-order valence-electron chi connectivity index (χ4n) is 1.16. The number of nitrogens with zero attached hydrogens (tertiary/aromatic N) is 4. The van der Waals surface area contributed by atoms with Gasteiger partial charge in [-0.15, -0.1) is 4.91 Å². The fourth-order valence-corrected chi connectivity index (χ4v) is 1.16. The van der Waals surface area contributed by atoms with Crippen LogP contribution < -0.4 is 0 Å². The second kappa shape index (κ2) is 3.78. The average Bonchev–Trinajstić information content (AvgIpc) is 2.72. The maximum atomic E-state index is 10.2. The number of hydrogen-bond donors (Lipinski definition) is 0. The van der Waals surface area contributed by atoms with Crippen molar-refractivity contribution in [1.82, 2.24) is 14.8 Å². The monoisotopic (exact) mass is 188 g/mol. The van der Waals surface area contributed by atoms with Crippen LogP contribution in [0.4, 0.5) is 5.69 Å². The summed E-state index contributed by atoms with van der Waals surface area (Å²) in [7, 11) is 0. The molecule has 0 spiro atoms. The van der Waals surface area contributed by atoms with Crippen molar-refractivity contribution in [2.45, 2.75) is 6.54 Å². The SMILES string of the molecule is O=Nc1ccc(Cn2cncn2)cc1. The lowest BCUT2D eigenvalue weighted by Gasteiger charge is -2.00. The summed E-state index contributed by atoms with van der Waals surface area (Å²) in [6, 6.07) is 7.05. The lowest BCUT2D eigenvalue weighted by molar-refractivity contribution is 0.685. The summed E-state index contributed by atoms with van der Waals surface area (Å²) in [5, 5.41) is 6.80. The number of rotatable bonds is 3. The van der Waals surface area contributed by atoms with Crippen molar-refractivity contribution in [3.8, 4) is 0 Å². The maximum Gasteiger partial charge on any atom is 0.137 e. The number of hydrogen-bond acceptors (Lipinski definition) is 4. The summed E-state index contributed by atoms with van der Waals surface area (Å²) in [5.41, 5.74) is 1.50. The first kappa shape index (κ1) is 8.55. The van der Waals surface area contributed by atoms with E-state index in [-0.39, 0.29) is 0 Å². The van der Waals surface area contributed by atoms with Crippen molar-refractivity contribution in [3.63, 3.8) is 0 Å². The minimum atomic E-state index is 0.437. The van der Waals surface area contributed by atoms with Crippen molar-refractivity contribution < 1.29 is 0 Å². The summed E-state index contributed by atoms with van der Waals surface area (Å²) >= 11 is 0. The molecule has 1 aromatic carbocycles. The van der Waals surface area contributed by atoms with Gasteiger partial charge in [-0.25, -0.2) is 9.67 Å². The molecular formula is C9H8N4O. The molecule has 0 radical (unpaired) electrons. The highest BCUT2D eigenvalue weighted by Gasteiger charge is 1.96. The van der Waals surface area contributed by atoms with Crippen LogP contribution in [0.3, 0.4) is 0 Å². The molecule has 0 amide bonds. The van der Waals surface area contributed by atoms with Gasteiger partial charge >= 0.3 is 0 Å². The summed E-state index contributed by atoms with van der Waals surface area (Å²) in [5.74, 6) is 0. The van der Waals surface area contributed by atoms with Crippen LogP contribution in [0.1, 0.15) is 5.56 Å². The third-order valence-electron chi connectivity index (χ3n) is 1.85. The van der Waals surface area contributed by atoms with Gasteiger partial charge in [0.2, 0.25) is 0 Å². The molecule has 0 saturated carbocycles. The predicted octanol–water partition coefficient (Wildman–Crippen LogP) is 1.72. The van der Waals surface area contributed by atoms with E-state index in [1.54, 1.807) is 23.1 Å². The Hall–Kier alpha value is -2.04. The molecule has 0 N–H and O–H groups in total. The molecule has 0 atom stereocenters. The van der Waals surface area contributed by atoms with Crippen molar-refractivity contribution in [2.75, 3.05) is 0 Å². The van der Waals surface area contributed by atoms with Crippen molar-refractivity contribution >= 4 is 5.69 Å². The molecule has 2 aromatic rings.